The van der Waals surface area contributed by atoms with Gasteiger partial charge in [0.25, 0.3) is 5.69 Å². The van der Waals surface area contributed by atoms with Gasteiger partial charge in [-0.15, -0.1) is 0 Å². The molecule has 7 nitrogen and oxygen atoms in total. The van der Waals surface area contributed by atoms with Crippen LogP contribution in [0, 0.1) is 10.1 Å². The van der Waals surface area contributed by atoms with Crippen molar-refractivity contribution in [2.75, 3.05) is 13.2 Å². The van der Waals surface area contributed by atoms with Crippen LogP contribution in [0.2, 0.25) is 5.02 Å². The molecule has 0 heterocycles. The SMILES string of the molecule is CCOP(=O)(OCC)[C@H](N)c1cc([N+](=O)[O-])ccc1Cl. The molecule has 1 atom stereocenters. The molecular formula is C11H16ClN2O5P. The minimum atomic E-state index is -3.64. The maximum Gasteiger partial charge on any atom is 0.351 e. The third-order valence-electron chi connectivity index (χ3n) is 2.47. The first-order valence-corrected chi connectivity index (χ1v) is 7.93. The average Bonchev–Trinajstić information content (AvgIpc) is 2.38. The van der Waals surface area contributed by atoms with Crippen molar-refractivity contribution in [3.8, 4) is 0 Å². The van der Waals surface area contributed by atoms with Crippen LogP contribution in [0.4, 0.5) is 5.69 Å². The van der Waals surface area contributed by atoms with Gasteiger partial charge in [0.2, 0.25) is 0 Å². The molecule has 0 bridgehead atoms. The Bertz CT molecular complexity index is 530. The van der Waals surface area contributed by atoms with E-state index in [4.69, 9.17) is 26.4 Å². The lowest BCUT2D eigenvalue weighted by atomic mass is 10.2. The number of non-ortho nitro benzene ring substituents is 1. The molecule has 1 aromatic rings. The summed E-state index contributed by atoms with van der Waals surface area (Å²) in [6.07, 6.45) is 0. The van der Waals surface area contributed by atoms with E-state index in [1.807, 2.05) is 0 Å². The van der Waals surface area contributed by atoms with Crippen LogP contribution in [-0.2, 0) is 13.6 Å². The summed E-state index contributed by atoms with van der Waals surface area (Å²) >= 11 is 5.97. The van der Waals surface area contributed by atoms with Crippen molar-refractivity contribution in [1.82, 2.24) is 0 Å². The molecule has 0 aromatic heterocycles. The van der Waals surface area contributed by atoms with Gasteiger partial charge < -0.3 is 14.8 Å². The molecule has 0 unspecified atom stereocenters. The van der Waals surface area contributed by atoms with Gasteiger partial charge in [-0.25, -0.2) is 0 Å². The molecule has 0 saturated heterocycles. The minimum Gasteiger partial charge on any atom is -0.314 e. The first-order valence-electron chi connectivity index (χ1n) is 5.94. The number of nitro benzene ring substituents is 1. The summed E-state index contributed by atoms with van der Waals surface area (Å²) in [5.41, 5.74) is 5.86. The normalized spacial score (nSPS) is 13.2. The fraction of sp³-hybridized carbons (Fsp3) is 0.455. The van der Waals surface area contributed by atoms with Gasteiger partial charge in [0.05, 0.1) is 18.1 Å². The van der Waals surface area contributed by atoms with Crippen molar-refractivity contribution in [1.29, 1.82) is 0 Å². The van der Waals surface area contributed by atoms with E-state index in [1.165, 1.54) is 18.2 Å². The summed E-state index contributed by atoms with van der Waals surface area (Å²) in [5, 5.41) is 10.9. The second-order valence-electron chi connectivity index (χ2n) is 3.78. The van der Waals surface area contributed by atoms with E-state index in [1.54, 1.807) is 13.8 Å². The van der Waals surface area contributed by atoms with E-state index in [9.17, 15) is 14.7 Å². The minimum absolute atomic E-state index is 0.136. The fourth-order valence-electron chi connectivity index (χ4n) is 1.60. The van der Waals surface area contributed by atoms with Gasteiger partial charge in [0.15, 0.2) is 0 Å². The molecule has 1 aromatic carbocycles. The first kappa shape index (κ1) is 17.1. The molecular weight excluding hydrogens is 307 g/mol. The predicted octanol–water partition coefficient (Wildman–Crippen LogP) is 3.47. The first-order chi connectivity index (χ1) is 9.35. The Hall–Kier alpha value is -0.980. The summed E-state index contributed by atoms with van der Waals surface area (Å²) in [6, 6.07) is 3.75. The lowest BCUT2D eigenvalue weighted by Gasteiger charge is -2.23. The Morgan fingerprint density at radius 2 is 1.95 bits per heavy atom. The number of nitro groups is 1. The molecule has 0 spiro atoms. The van der Waals surface area contributed by atoms with Crippen LogP contribution in [0.3, 0.4) is 0 Å². The number of nitrogens with zero attached hydrogens (tertiary/aromatic N) is 1. The maximum absolute atomic E-state index is 12.5. The van der Waals surface area contributed by atoms with Crippen molar-refractivity contribution < 1.29 is 18.5 Å². The largest absolute Gasteiger partial charge is 0.351 e. The number of halogens is 1. The maximum atomic E-state index is 12.5. The van der Waals surface area contributed by atoms with Gasteiger partial charge in [0, 0.05) is 22.7 Å². The Labute approximate surface area is 121 Å². The lowest BCUT2D eigenvalue weighted by Crippen LogP contribution is -2.15. The quantitative estimate of drug-likeness (QED) is 0.468. The second kappa shape index (κ2) is 7.15. The van der Waals surface area contributed by atoms with Gasteiger partial charge >= 0.3 is 7.60 Å². The highest BCUT2D eigenvalue weighted by Crippen LogP contribution is 2.59. The van der Waals surface area contributed by atoms with Crippen LogP contribution in [0.5, 0.6) is 0 Å². The molecule has 9 heteroatoms. The number of nitrogens with two attached hydrogens (primary N) is 1. The Morgan fingerprint density at radius 3 is 2.40 bits per heavy atom. The van der Waals surface area contributed by atoms with E-state index in [2.05, 4.69) is 0 Å². The summed E-state index contributed by atoms with van der Waals surface area (Å²) in [6.45, 7) is 3.57. The van der Waals surface area contributed by atoms with E-state index in [0.717, 1.165) is 0 Å². The zero-order chi connectivity index (χ0) is 15.3. The fourth-order valence-corrected chi connectivity index (χ4v) is 3.58. The molecule has 0 fully saturated rings. The van der Waals surface area contributed by atoms with Crippen LogP contribution in [0.25, 0.3) is 0 Å². The van der Waals surface area contributed by atoms with Crippen molar-refractivity contribution in [3.63, 3.8) is 0 Å². The molecule has 2 N–H and O–H groups in total. The van der Waals surface area contributed by atoms with Crippen molar-refractivity contribution in [3.05, 3.63) is 38.9 Å². The second-order valence-corrected chi connectivity index (χ2v) is 6.34. The van der Waals surface area contributed by atoms with Crippen LogP contribution < -0.4 is 5.73 Å². The van der Waals surface area contributed by atoms with E-state index >= 15 is 0 Å². The average molecular weight is 323 g/mol. The zero-order valence-electron chi connectivity index (χ0n) is 11.1. The molecule has 0 aliphatic heterocycles. The summed E-state index contributed by atoms with van der Waals surface area (Å²) in [7, 11) is -3.64. The van der Waals surface area contributed by atoms with E-state index in [-0.39, 0.29) is 29.5 Å². The predicted molar refractivity (Wildman–Crippen MR) is 75.9 cm³/mol. The summed E-state index contributed by atoms with van der Waals surface area (Å²) in [5.74, 6) is -1.19. The summed E-state index contributed by atoms with van der Waals surface area (Å²) < 4.78 is 22.8. The van der Waals surface area contributed by atoms with Crippen LogP contribution in [-0.4, -0.2) is 18.1 Å². The molecule has 0 aliphatic rings. The summed E-state index contributed by atoms with van der Waals surface area (Å²) in [4.78, 5) is 10.2. The molecule has 20 heavy (non-hydrogen) atoms. The molecule has 0 saturated carbocycles. The number of hydrogen-bond donors (Lipinski definition) is 1. The Balaban J connectivity index is 3.23. The van der Waals surface area contributed by atoms with Gasteiger partial charge in [-0.1, -0.05) is 11.6 Å². The Kier molecular flexibility index (Phi) is 6.10. The van der Waals surface area contributed by atoms with Gasteiger partial charge in [-0.2, -0.15) is 0 Å². The third-order valence-corrected chi connectivity index (χ3v) is 5.01. The highest BCUT2D eigenvalue weighted by atomic mass is 35.5. The zero-order valence-corrected chi connectivity index (χ0v) is 12.8. The monoisotopic (exact) mass is 322 g/mol. The lowest BCUT2D eigenvalue weighted by molar-refractivity contribution is -0.384. The third kappa shape index (κ3) is 3.77. The van der Waals surface area contributed by atoms with E-state index in [0.29, 0.717) is 0 Å². The molecule has 0 aliphatic carbocycles. The molecule has 1 rings (SSSR count). The number of benzene rings is 1. The molecule has 112 valence electrons. The molecule has 0 amide bonds. The highest BCUT2D eigenvalue weighted by Gasteiger charge is 2.35. The van der Waals surface area contributed by atoms with Crippen LogP contribution >= 0.6 is 19.2 Å². The van der Waals surface area contributed by atoms with Gasteiger partial charge in [-0.05, 0) is 19.9 Å². The van der Waals surface area contributed by atoms with Crippen LogP contribution in [0.15, 0.2) is 18.2 Å². The van der Waals surface area contributed by atoms with E-state index < -0.39 is 18.3 Å². The van der Waals surface area contributed by atoms with Crippen LogP contribution in [0.1, 0.15) is 25.2 Å². The Morgan fingerprint density at radius 1 is 1.40 bits per heavy atom. The topological polar surface area (TPSA) is 105 Å². The van der Waals surface area contributed by atoms with Crippen molar-refractivity contribution in [2.24, 2.45) is 5.73 Å². The van der Waals surface area contributed by atoms with Crippen molar-refractivity contribution in [2.45, 2.75) is 19.6 Å². The smallest absolute Gasteiger partial charge is 0.314 e. The molecule has 0 radical (unpaired) electrons. The number of hydrogen-bond acceptors (Lipinski definition) is 6. The highest BCUT2D eigenvalue weighted by molar-refractivity contribution is 7.54. The van der Waals surface area contributed by atoms with Gasteiger partial charge in [-0.3, -0.25) is 14.7 Å². The van der Waals surface area contributed by atoms with Crippen molar-refractivity contribution >= 4 is 24.9 Å². The van der Waals surface area contributed by atoms with Gasteiger partial charge in [0.1, 0.15) is 5.78 Å². The standard InChI is InChI=1S/C11H16ClN2O5P/c1-3-18-20(17,19-4-2)11(13)9-7-8(14(15)16)5-6-10(9)12/h5-7,11H,3-4,13H2,1-2H3/t11-/m0/s1. The number of rotatable bonds is 7.